The average Bonchev–Trinajstić information content (AvgIpc) is 2.46. The molecule has 0 aromatic carbocycles. The first-order valence-electron chi connectivity index (χ1n) is 4.65. The Labute approximate surface area is 81.6 Å². The van der Waals surface area contributed by atoms with E-state index in [1.165, 1.54) is 0 Å². The highest BCUT2D eigenvalue weighted by Crippen LogP contribution is 2.17. The summed E-state index contributed by atoms with van der Waals surface area (Å²) in [6.07, 6.45) is 1.65. The zero-order valence-electron chi connectivity index (χ0n) is 8.53. The van der Waals surface area contributed by atoms with E-state index in [2.05, 4.69) is 23.8 Å². The van der Waals surface area contributed by atoms with Crippen LogP contribution >= 0.6 is 0 Å². The fraction of sp³-hybridized carbons (Fsp3) is 0.400. The summed E-state index contributed by atoms with van der Waals surface area (Å²) in [6.45, 7) is 4.13. The maximum absolute atomic E-state index is 11.4. The third kappa shape index (κ3) is 1.14. The number of fused-ring (bicyclic) bond motifs is 1. The molecule has 0 fully saturated rings. The number of aromatic nitrogens is 3. The molecule has 14 heavy (non-hydrogen) atoms. The first kappa shape index (κ1) is 8.99. The van der Waals surface area contributed by atoms with E-state index in [1.807, 2.05) is 17.7 Å². The lowest BCUT2D eigenvalue weighted by Gasteiger charge is -2.03. The summed E-state index contributed by atoms with van der Waals surface area (Å²) in [5.41, 5.74) is 1.29. The summed E-state index contributed by atoms with van der Waals surface area (Å²) in [5, 5.41) is 0. The number of aryl methyl sites for hydroxylation is 1. The van der Waals surface area contributed by atoms with Crippen LogP contribution in [0.25, 0.3) is 11.0 Å². The van der Waals surface area contributed by atoms with Crippen molar-refractivity contribution in [2.75, 3.05) is 0 Å². The van der Waals surface area contributed by atoms with Crippen LogP contribution < -0.4 is 5.56 Å². The number of hydrogen-bond donors (Lipinski definition) is 1. The van der Waals surface area contributed by atoms with E-state index in [1.54, 1.807) is 6.20 Å². The molecule has 0 saturated heterocycles. The fourth-order valence-corrected chi connectivity index (χ4v) is 1.67. The van der Waals surface area contributed by atoms with Gasteiger partial charge in [-0.3, -0.25) is 4.79 Å². The van der Waals surface area contributed by atoms with E-state index < -0.39 is 0 Å². The Morgan fingerprint density at radius 1 is 1.50 bits per heavy atom. The van der Waals surface area contributed by atoms with Crippen LogP contribution in [-0.4, -0.2) is 14.5 Å². The monoisotopic (exact) mass is 191 g/mol. The SMILES string of the molecule is CC(C)c1nc2c(=O)[nH]ccc2n1C. The second-order valence-corrected chi connectivity index (χ2v) is 3.72. The first-order valence-corrected chi connectivity index (χ1v) is 4.65. The predicted octanol–water partition coefficient (Wildman–Crippen LogP) is 1.39. The van der Waals surface area contributed by atoms with Gasteiger partial charge < -0.3 is 9.55 Å². The van der Waals surface area contributed by atoms with Crippen molar-refractivity contribution in [1.82, 2.24) is 14.5 Å². The van der Waals surface area contributed by atoms with Crippen LogP contribution in [0.2, 0.25) is 0 Å². The highest BCUT2D eigenvalue weighted by Gasteiger charge is 2.12. The van der Waals surface area contributed by atoms with Gasteiger partial charge in [-0.05, 0) is 6.07 Å². The molecular formula is C10H13N3O. The second kappa shape index (κ2) is 2.97. The van der Waals surface area contributed by atoms with Gasteiger partial charge in [-0.25, -0.2) is 4.98 Å². The van der Waals surface area contributed by atoms with Crippen molar-refractivity contribution in [3.8, 4) is 0 Å². The summed E-state index contributed by atoms with van der Waals surface area (Å²) >= 11 is 0. The molecule has 0 amide bonds. The van der Waals surface area contributed by atoms with Gasteiger partial charge in [-0.15, -0.1) is 0 Å². The molecule has 2 aromatic heterocycles. The molecule has 2 aromatic rings. The normalized spacial score (nSPS) is 11.4. The minimum atomic E-state index is -0.120. The molecule has 2 rings (SSSR count). The largest absolute Gasteiger partial charge is 0.331 e. The standard InChI is InChI=1S/C10H13N3O/c1-6(2)9-12-8-7(13(9)3)4-5-11-10(8)14/h4-6H,1-3H3,(H,11,14). The Morgan fingerprint density at radius 2 is 2.21 bits per heavy atom. The maximum Gasteiger partial charge on any atom is 0.276 e. The third-order valence-corrected chi connectivity index (χ3v) is 2.36. The van der Waals surface area contributed by atoms with Gasteiger partial charge in [0.15, 0.2) is 5.52 Å². The molecule has 0 saturated carbocycles. The van der Waals surface area contributed by atoms with Crippen LogP contribution in [0, 0.1) is 0 Å². The van der Waals surface area contributed by atoms with Crippen LogP contribution in [0.5, 0.6) is 0 Å². The minimum absolute atomic E-state index is 0.120. The van der Waals surface area contributed by atoms with Crippen LogP contribution in [0.3, 0.4) is 0 Å². The highest BCUT2D eigenvalue weighted by molar-refractivity contribution is 5.74. The molecule has 0 spiro atoms. The highest BCUT2D eigenvalue weighted by atomic mass is 16.1. The summed E-state index contributed by atoms with van der Waals surface area (Å²) < 4.78 is 1.97. The Bertz CT molecular complexity index is 522. The number of nitrogens with one attached hydrogen (secondary N) is 1. The van der Waals surface area contributed by atoms with Crippen LogP contribution in [-0.2, 0) is 7.05 Å². The summed E-state index contributed by atoms with van der Waals surface area (Å²) in [5.74, 6) is 1.27. The number of pyridine rings is 1. The minimum Gasteiger partial charge on any atom is -0.331 e. The third-order valence-electron chi connectivity index (χ3n) is 2.36. The summed E-state index contributed by atoms with van der Waals surface area (Å²) in [4.78, 5) is 18.4. The van der Waals surface area contributed by atoms with Gasteiger partial charge in [0.25, 0.3) is 5.56 Å². The lowest BCUT2D eigenvalue weighted by Crippen LogP contribution is -2.04. The Kier molecular flexibility index (Phi) is 1.91. The molecule has 0 aliphatic rings. The number of hydrogen-bond acceptors (Lipinski definition) is 2. The lowest BCUT2D eigenvalue weighted by molar-refractivity contribution is 0.722. The number of rotatable bonds is 1. The maximum atomic E-state index is 11.4. The average molecular weight is 191 g/mol. The molecule has 0 aliphatic carbocycles. The Morgan fingerprint density at radius 3 is 2.79 bits per heavy atom. The number of H-pyrrole nitrogens is 1. The summed E-state index contributed by atoms with van der Waals surface area (Å²) in [7, 11) is 1.93. The number of imidazole rings is 1. The smallest absolute Gasteiger partial charge is 0.276 e. The van der Waals surface area contributed by atoms with Crippen LogP contribution in [0.15, 0.2) is 17.1 Å². The van der Waals surface area contributed by atoms with E-state index in [0.717, 1.165) is 11.3 Å². The van der Waals surface area contributed by atoms with Crippen molar-refractivity contribution in [2.24, 2.45) is 7.05 Å². The lowest BCUT2D eigenvalue weighted by atomic mass is 10.2. The van der Waals surface area contributed by atoms with Crippen molar-refractivity contribution in [2.45, 2.75) is 19.8 Å². The molecular weight excluding hydrogens is 178 g/mol. The van der Waals surface area contributed by atoms with Gasteiger partial charge in [0.2, 0.25) is 0 Å². The van der Waals surface area contributed by atoms with E-state index in [4.69, 9.17) is 0 Å². The van der Waals surface area contributed by atoms with Gasteiger partial charge in [0, 0.05) is 19.2 Å². The van der Waals surface area contributed by atoms with E-state index >= 15 is 0 Å². The van der Waals surface area contributed by atoms with Gasteiger partial charge in [0.1, 0.15) is 5.82 Å². The zero-order valence-corrected chi connectivity index (χ0v) is 8.53. The van der Waals surface area contributed by atoms with Crippen molar-refractivity contribution in [1.29, 1.82) is 0 Å². The topological polar surface area (TPSA) is 50.7 Å². The van der Waals surface area contributed by atoms with Crippen molar-refractivity contribution in [3.63, 3.8) is 0 Å². The van der Waals surface area contributed by atoms with Crippen molar-refractivity contribution < 1.29 is 0 Å². The second-order valence-electron chi connectivity index (χ2n) is 3.72. The quantitative estimate of drug-likeness (QED) is 0.740. The fourth-order valence-electron chi connectivity index (χ4n) is 1.67. The van der Waals surface area contributed by atoms with E-state index in [9.17, 15) is 4.79 Å². The molecule has 1 N–H and O–H groups in total. The van der Waals surface area contributed by atoms with Gasteiger partial charge in [0.05, 0.1) is 5.52 Å². The molecule has 0 unspecified atom stereocenters. The van der Waals surface area contributed by atoms with E-state index in [-0.39, 0.29) is 5.56 Å². The molecule has 0 aliphatic heterocycles. The number of aromatic amines is 1. The Hall–Kier alpha value is -1.58. The molecule has 2 heterocycles. The van der Waals surface area contributed by atoms with Gasteiger partial charge in [-0.1, -0.05) is 13.8 Å². The van der Waals surface area contributed by atoms with Gasteiger partial charge >= 0.3 is 0 Å². The Balaban J connectivity index is 2.86. The van der Waals surface area contributed by atoms with Gasteiger partial charge in [-0.2, -0.15) is 0 Å². The van der Waals surface area contributed by atoms with Crippen molar-refractivity contribution in [3.05, 3.63) is 28.4 Å². The molecule has 74 valence electrons. The first-order chi connectivity index (χ1) is 6.61. The molecule has 0 radical (unpaired) electrons. The van der Waals surface area contributed by atoms with Crippen molar-refractivity contribution >= 4 is 11.0 Å². The predicted molar refractivity (Wildman–Crippen MR) is 55.4 cm³/mol. The molecule has 4 nitrogen and oxygen atoms in total. The van der Waals surface area contributed by atoms with E-state index in [0.29, 0.717) is 11.4 Å². The van der Waals surface area contributed by atoms with Crippen LogP contribution in [0.1, 0.15) is 25.6 Å². The summed E-state index contributed by atoms with van der Waals surface area (Å²) in [6, 6.07) is 1.87. The molecule has 0 atom stereocenters. The zero-order chi connectivity index (χ0) is 10.3. The number of nitrogens with zero attached hydrogens (tertiary/aromatic N) is 2. The van der Waals surface area contributed by atoms with Crippen LogP contribution in [0.4, 0.5) is 0 Å². The molecule has 4 heteroatoms. The molecule has 0 bridgehead atoms.